The zero-order valence-electron chi connectivity index (χ0n) is 6.63. The summed E-state index contributed by atoms with van der Waals surface area (Å²) >= 11 is 0. The lowest BCUT2D eigenvalue weighted by molar-refractivity contribution is -0.115. The van der Waals surface area contributed by atoms with E-state index >= 15 is 0 Å². The van der Waals surface area contributed by atoms with Crippen LogP contribution < -0.4 is 0 Å². The van der Waals surface area contributed by atoms with Crippen molar-refractivity contribution in [2.24, 2.45) is 4.99 Å². The van der Waals surface area contributed by atoms with Crippen LogP contribution in [0.5, 0.6) is 0 Å². The number of allylic oxidation sites excluding steroid dienone is 3. The molecule has 0 radical (unpaired) electrons. The van der Waals surface area contributed by atoms with E-state index in [1.165, 1.54) is 12.2 Å². The molecule has 0 saturated carbocycles. The molecule has 3 heteroatoms. The van der Waals surface area contributed by atoms with Crippen LogP contribution in [0.15, 0.2) is 28.4 Å². The van der Waals surface area contributed by atoms with Crippen molar-refractivity contribution >= 4 is 17.3 Å². The van der Waals surface area contributed by atoms with Crippen LogP contribution in [-0.4, -0.2) is 17.3 Å². The summed E-state index contributed by atoms with van der Waals surface area (Å²) in [5.41, 5.74) is 1.74. The van der Waals surface area contributed by atoms with E-state index in [0.29, 0.717) is 17.7 Å². The number of carbonyl (C=O) groups is 2. The summed E-state index contributed by atoms with van der Waals surface area (Å²) in [6, 6.07) is 0. The lowest BCUT2D eigenvalue weighted by Gasteiger charge is -2.02. The number of ketones is 2. The molecule has 1 aliphatic carbocycles. The molecule has 0 amide bonds. The fourth-order valence-corrected chi connectivity index (χ4v) is 1.38. The lowest BCUT2D eigenvalue weighted by Crippen LogP contribution is -2.10. The van der Waals surface area contributed by atoms with Crippen LogP contribution in [0.1, 0.15) is 13.3 Å². The SMILES string of the molecule is CC1=NC2=C(C1)C(=O)C=CC2=O. The molecule has 0 spiro atoms. The van der Waals surface area contributed by atoms with Gasteiger partial charge < -0.3 is 0 Å². The summed E-state index contributed by atoms with van der Waals surface area (Å²) < 4.78 is 0. The first kappa shape index (κ1) is 7.16. The van der Waals surface area contributed by atoms with Crippen molar-refractivity contribution in [3.63, 3.8) is 0 Å². The van der Waals surface area contributed by atoms with Crippen LogP contribution in [0.25, 0.3) is 0 Å². The molecule has 12 heavy (non-hydrogen) atoms. The van der Waals surface area contributed by atoms with Gasteiger partial charge in [-0.3, -0.25) is 14.6 Å². The summed E-state index contributed by atoms with van der Waals surface area (Å²) in [5, 5.41) is 0. The Morgan fingerprint density at radius 1 is 1.25 bits per heavy atom. The molecule has 1 heterocycles. The Bertz CT molecular complexity index is 372. The second-order valence-corrected chi connectivity index (χ2v) is 2.91. The quantitative estimate of drug-likeness (QED) is 0.493. The molecule has 2 rings (SSSR count). The standard InChI is InChI=1S/C9H7NO2/c1-5-4-6-7(11)2-3-8(12)9(6)10-5/h2-3H,4H2,1H3. The van der Waals surface area contributed by atoms with Crippen LogP contribution in [0.2, 0.25) is 0 Å². The summed E-state index contributed by atoms with van der Waals surface area (Å²) in [7, 11) is 0. The normalized spacial score (nSPS) is 21.6. The number of hydrogen-bond acceptors (Lipinski definition) is 3. The van der Waals surface area contributed by atoms with Gasteiger partial charge in [-0.15, -0.1) is 0 Å². The highest BCUT2D eigenvalue weighted by molar-refractivity contribution is 6.23. The van der Waals surface area contributed by atoms with Crippen molar-refractivity contribution in [3.8, 4) is 0 Å². The van der Waals surface area contributed by atoms with Crippen molar-refractivity contribution in [1.29, 1.82) is 0 Å². The highest BCUT2D eigenvalue weighted by Gasteiger charge is 2.26. The molecule has 0 N–H and O–H groups in total. The Hall–Kier alpha value is -1.51. The van der Waals surface area contributed by atoms with Crippen LogP contribution in [0.4, 0.5) is 0 Å². The number of rotatable bonds is 0. The van der Waals surface area contributed by atoms with Gasteiger partial charge in [0.2, 0.25) is 5.78 Å². The van der Waals surface area contributed by atoms with E-state index in [1.54, 1.807) is 0 Å². The fraction of sp³-hybridized carbons (Fsp3) is 0.222. The van der Waals surface area contributed by atoms with Gasteiger partial charge in [0.15, 0.2) is 5.78 Å². The molecule has 0 aromatic rings. The highest BCUT2D eigenvalue weighted by atomic mass is 16.1. The molecule has 0 aromatic heterocycles. The van der Waals surface area contributed by atoms with E-state index < -0.39 is 0 Å². The summed E-state index contributed by atoms with van der Waals surface area (Å²) in [5.74, 6) is -0.230. The number of carbonyl (C=O) groups excluding carboxylic acids is 2. The van der Waals surface area contributed by atoms with E-state index in [-0.39, 0.29) is 11.6 Å². The maximum atomic E-state index is 11.2. The van der Waals surface area contributed by atoms with Gasteiger partial charge >= 0.3 is 0 Å². The second-order valence-electron chi connectivity index (χ2n) is 2.91. The van der Waals surface area contributed by atoms with Gasteiger partial charge in [-0.05, 0) is 19.1 Å². The summed E-state index contributed by atoms with van der Waals surface area (Å²) in [4.78, 5) is 26.4. The van der Waals surface area contributed by atoms with Gasteiger partial charge in [0, 0.05) is 17.7 Å². The van der Waals surface area contributed by atoms with Crippen molar-refractivity contribution in [3.05, 3.63) is 23.4 Å². The van der Waals surface area contributed by atoms with Crippen LogP contribution >= 0.6 is 0 Å². The number of hydrogen-bond donors (Lipinski definition) is 0. The molecule has 0 fully saturated rings. The molecule has 1 aliphatic heterocycles. The molecule has 0 aromatic carbocycles. The maximum Gasteiger partial charge on any atom is 0.204 e. The Balaban J connectivity index is 2.49. The smallest absolute Gasteiger partial charge is 0.204 e. The number of nitrogens with zero attached hydrogens (tertiary/aromatic N) is 1. The monoisotopic (exact) mass is 161 g/mol. The van der Waals surface area contributed by atoms with E-state index in [4.69, 9.17) is 0 Å². The Morgan fingerprint density at radius 3 is 2.58 bits per heavy atom. The van der Waals surface area contributed by atoms with E-state index in [1.807, 2.05) is 6.92 Å². The van der Waals surface area contributed by atoms with Crippen molar-refractivity contribution in [1.82, 2.24) is 0 Å². The van der Waals surface area contributed by atoms with Crippen molar-refractivity contribution < 1.29 is 9.59 Å². The Labute approximate surface area is 69.5 Å². The minimum absolute atomic E-state index is 0.0785. The van der Waals surface area contributed by atoms with Gasteiger partial charge in [0.05, 0.1) is 0 Å². The average Bonchev–Trinajstić information content (AvgIpc) is 2.41. The molecule has 0 unspecified atom stereocenters. The molecule has 0 bridgehead atoms. The van der Waals surface area contributed by atoms with Crippen LogP contribution in [0, 0.1) is 0 Å². The predicted molar refractivity (Wildman–Crippen MR) is 43.9 cm³/mol. The van der Waals surface area contributed by atoms with Gasteiger partial charge in [0.1, 0.15) is 5.70 Å². The van der Waals surface area contributed by atoms with Gasteiger partial charge in [-0.1, -0.05) is 0 Å². The van der Waals surface area contributed by atoms with Crippen molar-refractivity contribution in [2.45, 2.75) is 13.3 Å². The van der Waals surface area contributed by atoms with Crippen LogP contribution in [0.3, 0.4) is 0 Å². The maximum absolute atomic E-state index is 11.2. The third-order valence-electron chi connectivity index (χ3n) is 1.94. The van der Waals surface area contributed by atoms with E-state index in [2.05, 4.69) is 4.99 Å². The average molecular weight is 161 g/mol. The van der Waals surface area contributed by atoms with Gasteiger partial charge in [-0.25, -0.2) is 0 Å². The molecule has 2 aliphatic rings. The first-order valence-corrected chi connectivity index (χ1v) is 3.72. The highest BCUT2D eigenvalue weighted by Crippen LogP contribution is 2.24. The zero-order valence-corrected chi connectivity index (χ0v) is 6.63. The fourth-order valence-electron chi connectivity index (χ4n) is 1.38. The molecular weight excluding hydrogens is 154 g/mol. The largest absolute Gasteiger partial charge is 0.290 e. The lowest BCUT2D eigenvalue weighted by atomic mass is 9.99. The van der Waals surface area contributed by atoms with Crippen LogP contribution in [-0.2, 0) is 9.59 Å². The summed E-state index contributed by atoms with van der Waals surface area (Å²) in [6.07, 6.45) is 3.13. The topological polar surface area (TPSA) is 46.5 Å². The molecular formula is C9H7NO2. The molecule has 3 nitrogen and oxygen atoms in total. The Kier molecular flexibility index (Phi) is 1.33. The third-order valence-corrected chi connectivity index (χ3v) is 1.94. The minimum Gasteiger partial charge on any atom is -0.290 e. The molecule has 60 valence electrons. The van der Waals surface area contributed by atoms with Crippen molar-refractivity contribution in [2.75, 3.05) is 0 Å². The number of aliphatic imine (C=N–C) groups is 1. The Morgan fingerprint density at radius 2 is 1.92 bits per heavy atom. The summed E-state index contributed by atoms with van der Waals surface area (Å²) in [6.45, 7) is 1.82. The first-order chi connectivity index (χ1) is 5.68. The third kappa shape index (κ3) is 0.863. The first-order valence-electron chi connectivity index (χ1n) is 3.72. The van der Waals surface area contributed by atoms with Gasteiger partial charge in [-0.2, -0.15) is 0 Å². The molecule has 0 atom stereocenters. The second kappa shape index (κ2) is 2.24. The predicted octanol–water partition coefficient (Wildman–Crippen LogP) is 0.813. The zero-order chi connectivity index (χ0) is 8.72. The van der Waals surface area contributed by atoms with E-state index in [9.17, 15) is 9.59 Å². The molecule has 0 saturated heterocycles. The van der Waals surface area contributed by atoms with Gasteiger partial charge in [0.25, 0.3) is 0 Å². The van der Waals surface area contributed by atoms with E-state index in [0.717, 1.165) is 5.71 Å². The minimum atomic E-state index is -0.151.